The number of phenolic OH excluding ortho intramolecular Hbond substituents is 1. The Balaban J connectivity index is 1.90. The summed E-state index contributed by atoms with van der Waals surface area (Å²) in [6.07, 6.45) is 3.49. The number of aromatic nitrogens is 2. The first kappa shape index (κ1) is 18.0. The lowest BCUT2D eigenvalue weighted by atomic mass is 9.92. The van der Waals surface area contributed by atoms with Crippen LogP contribution in [0.3, 0.4) is 0 Å². The van der Waals surface area contributed by atoms with Gasteiger partial charge in [0.25, 0.3) is 0 Å². The van der Waals surface area contributed by atoms with E-state index in [0.717, 1.165) is 33.5 Å². The van der Waals surface area contributed by atoms with E-state index in [1.165, 1.54) is 5.56 Å². The molecule has 2 aromatic heterocycles. The average molecular weight is 369 g/mol. The first-order chi connectivity index (χ1) is 13.5. The Labute approximate surface area is 164 Å². The highest BCUT2D eigenvalue weighted by atomic mass is 16.3. The molecule has 4 rings (SSSR count). The van der Waals surface area contributed by atoms with Crippen LogP contribution in [0.15, 0.2) is 67.0 Å². The maximum Gasteiger partial charge on any atom is 0.147 e. The summed E-state index contributed by atoms with van der Waals surface area (Å²) in [6.45, 7) is 6.20. The number of aryl methyl sites for hydroxylation is 3. The normalized spacial score (nSPS) is 12.1. The molecule has 1 atom stereocenters. The van der Waals surface area contributed by atoms with Gasteiger partial charge in [0.2, 0.25) is 0 Å². The third-order valence-electron chi connectivity index (χ3n) is 5.04. The van der Waals surface area contributed by atoms with Gasteiger partial charge in [0.1, 0.15) is 17.1 Å². The molecule has 2 heterocycles. The minimum atomic E-state index is -0.249. The van der Waals surface area contributed by atoms with Crippen LogP contribution in [0.25, 0.3) is 10.9 Å². The minimum Gasteiger partial charge on any atom is -0.505 e. The Bertz CT molecular complexity index is 1150. The van der Waals surface area contributed by atoms with E-state index in [1.807, 2.05) is 43.3 Å². The van der Waals surface area contributed by atoms with Crippen molar-refractivity contribution in [3.8, 4) is 5.75 Å². The molecule has 0 radical (unpaired) electrons. The Morgan fingerprint density at radius 3 is 2.46 bits per heavy atom. The molecule has 4 aromatic rings. The summed E-state index contributed by atoms with van der Waals surface area (Å²) >= 11 is 0. The Hall–Kier alpha value is -3.40. The summed E-state index contributed by atoms with van der Waals surface area (Å²) in [5, 5.41) is 15.5. The van der Waals surface area contributed by atoms with Gasteiger partial charge >= 0.3 is 0 Å². The van der Waals surface area contributed by atoms with Crippen LogP contribution in [0.4, 0.5) is 5.82 Å². The third kappa shape index (κ3) is 3.41. The van der Waals surface area contributed by atoms with Crippen molar-refractivity contribution in [2.45, 2.75) is 26.8 Å². The molecule has 0 aliphatic carbocycles. The zero-order valence-corrected chi connectivity index (χ0v) is 16.3. The lowest BCUT2D eigenvalue weighted by molar-refractivity contribution is 0.471. The fourth-order valence-corrected chi connectivity index (χ4v) is 3.54. The van der Waals surface area contributed by atoms with E-state index in [4.69, 9.17) is 0 Å². The number of pyridine rings is 2. The van der Waals surface area contributed by atoms with Gasteiger partial charge in [-0.2, -0.15) is 0 Å². The van der Waals surface area contributed by atoms with Crippen LogP contribution < -0.4 is 5.32 Å². The second kappa shape index (κ2) is 7.31. The predicted molar refractivity (Wildman–Crippen MR) is 114 cm³/mol. The van der Waals surface area contributed by atoms with Gasteiger partial charge < -0.3 is 10.4 Å². The van der Waals surface area contributed by atoms with Crippen molar-refractivity contribution in [3.05, 3.63) is 94.8 Å². The molecule has 0 aliphatic rings. The van der Waals surface area contributed by atoms with E-state index in [1.54, 1.807) is 12.4 Å². The first-order valence-corrected chi connectivity index (χ1v) is 9.36. The number of aromatic hydroxyl groups is 1. The molecule has 0 amide bonds. The molecule has 0 spiro atoms. The standard InChI is InChI=1S/C24H23N3O/c1-15-6-7-17(3)20(13-15)23(27-21-14-16(2)10-12-25-21)19-9-8-18-5-4-11-26-22(18)24(19)28/h4-14,23,28H,1-3H3,(H,25,27). The maximum atomic E-state index is 11.1. The zero-order valence-electron chi connectivity index (χ0n) is 16.3. The SMILES string of the molecule is Cc1ccnc(NC(c2cc(C)ccc2C)c2ccc3cccnc3c2O)c1. The predicted octanol–water partition coefficient (Wildman–Crippen LogP) is 5.46. The molecule has 28 heavy (non-hydrogen) atoms. The smallest absolute Gasteiger partial charge is 0.147 e. The molecule has 140 valence electrons. The summed E-state index contributed by atoms with van der Waals surface area (Å²) < 4.78 is 0. The van der Waals surface area contributed by atoms with Gasteiger partial charge in [-0.3, -0.25) is 4.98 Å². The van der Waals surface area contributed by atoms with Gasteiger partial charge in [-0.1, -0.05) is 42.0 Å². The van der Waals surface area contributed by atoms with Crippen LogP contribution >= 0.6 is 0 Å². The van der Waals surface area contributed by atoms with Crippen LogP contribution in [-0.4, -0.2) is 15.1 Å². The Morgan fingerprint density at radius 1 is 0.821 bits per heavy atom. The number of anilines is 1. The third-order valence-corrected chi connectivity index (χ3v) is 5.04. The van der Waals surface area contributed by atoms with Crippen LogP contribution in [0.1, 0.15) is 33.9 Å². The molecule has 2 aromatic carbocycles. The molecule has 0 bridgehead atoms. The number of nitrogens with zero attached hydrogens (tertiary/aromatic N) is 2. The van der Waals surface area contributed by atoms with Crippen molar-refractivity contribution >= 4 is 16.7 Å². The van der Waals surface area contributed by atoms with Crippen molar-refractivity contribution in [3.63, 3.8) is 0 Å². The fourth-order valence-electron chi connectivity index (χ4n) is 3.54. The Kier molecular flexibility index (Phi) is 4.70. The molecule has 0 saturated heterocycles. The summed E-state index contributed by atoms with van der Waals surface area (Å²) in [4.78, 5) is 8.85. The van der Waals surface area contributed by atoms with Crippen LogP contribution in [-0.2, 0) is 0 Å². The summed E-state index contributed by atoms with van der Waals surface area (Å²) in [6, 6.07) is 17.9. The summed E-state index contributed by atoms with van der Waals surface area (Å²) in [5.41, 5.74) is 5.94. The highest BCUT2D eigenvalue weighted by Gasteiger charge is 2.22. The van der Waals surface area contributed by atoms with Gasteiger partial charge in [-0.25, -0.2) is 4.98 Å². The van der Waals surface area contributed by atoms with Crippen LogP contribution in [0.5, 0.6) is 5.75 Å². The van der Waals surface area contributed by atoms with Gasteiger partial charge in [0.15, 0.2) is 0 Å². The molecule has 0 aliphatic heterocycles. The van der Waals surface area contributed by atoms with Crippen LogP contribution in [0, 0.1) is 20.8 Å². The molecule has 0 saturated carbocycles. The van der Waals surface area contributed by atoms with E-state index >= 15 is 0 Å². The van der Waals surface area contributed by atoms with Crippen molar-refractivity contribution in [1.82, 2.24) is 9.97 Å². The van der Waals surface area contributed by atoms with Gasteiger partial charge in [-0.05, 0) is 55.7 Å². The van der Waals surface area contributed by atoms with Crippen molar-refractivity contribution in [2.24, 2.45) is 0 Å². The topological polar surface area (TPSA) is 58.0 Å². The molecular formula is C24H23N3O. The number of nitrogens with one attached hydrogen (secondary N) is 1. The number of fused-ring (bicyclic) bond motifs is 1. The summed E-state index contributed by atoms with van der Waals surface area (Å²) in [5.74, 6) is 0.968. The van der Waals surface area contributed by atoms with E-state index in [0.29, 0.717) is 5.52 Å². The van der Waals surface area contributed by atoms with Crippen molar-refractivity contribution in [2.75, 3.05) is 5.32 Å². The van der Waals surface area contributed by atoms with E-state index in [9.17, 15) is 5.11 Å². The number of hydrogen-bond acceptors (Lipinski definition) is 4. The first-order valence-electron chi connectivity index (χ1n) is 9.36. The Morgan fingerprint density at radius 2 is 1.64 bits per heavy atom. The van der Waals surface area contributed by atoms with E-state index in [2.05, 4.69) is 47.3 Å². The monoisotopic (exact) mass is 369 g/mol. The number of hydrogen-bond donors (Lipinski definition) is 2. The molecule has 0 fully saturated rings. The average Bonchev–Trinajstić information content (AvgIpc) is 2.69. The molecular weight excluding hydrogens is 346 g/mol. The lowest BCUT2D eigenvalue weighted by Crippen LogP contribution is -2.15. The maximum absolute atomic E-state index is 11.1. The molecule has 1 unspecified atom stereocenters. The molecule has 4 heteroatoms. The number of phenols is 1. The minimum absolute atomic E-state index is 0.198. The van der Waals surface area contributed by atoms with E-state index < -0.39 is 0 Å². The highest BCUT2D eigenvalue weighted by Crippen LogP contribution is 2.37. The molecule has 4 nitrogen and oxygen atoms in total. The van der Waals surface area contributed by atoms with Crippen molar-refractivity contribution in [1.29, 1.82) is 0 Å². The number of rotatable bonds is 4. The number of benzene rings is 2. The van der Waals surface area contributed by atoms with Gasteiger partial charge in [0, 0.05) is 23.3 Å². The van der Waals surface area contributed by atoms with Crippen molar-refractivity contribution < 1.29 is 5.11 Å². The lowest BCUT2D eigenvalue weighted by Gasteiger charge is -2.24. The largest absolute Gasteiger partial charge is 0.505 e. The highest BCUT2D eigenvalue weighted by molar-refractivity contribution is 5.86. The quantitative estimate of drug-likeness (QED) is 0.501. The second-order valence-electron chi connectivity index (χ2n) is 7.23. The fraction of sp³-hybridized carbons (Fsp3) is 0.167. The van der Waals surface area contributed by atoms with Gasteiger partial charge in [-0.15, -0.1) is 0 Å². The second-order valence-corrected chi connectivity index (χ2v) is 7.23. The van der Waals surface area contributed by atoms with Gasteiger partial charge in [0.05, 0.1) is 6.04 Å². The van der Waals surface area contributed by atoms with Crippen LogP contribution in [0.2, 0.25) is 0 Å². The van der Waals surface area contributed by atoms with E-state index in [-0.39, 0.29) is 11.8 Å². The molecule has 2 N–H and O–H groups in total. The summed E-state index contributed by atoms with van der Waals surface area (Å²) in [7, 11) is 0. The zero-order chi connectivity index (χ0) is 19.7.